The van der Waals surface area contributed by atoms with E-state index < -0.39 is 4.92 Å². The van der Waals surface area contributed by atoms with Gasteiger partial charge >= 0.3 is 0 Å². The van der Waals surface area contributed by atoms with Crippen molar-refractivity contribution in [1.29, 1.82) is 0 Å². The average Bonchev–Trinajstić information content (AvgIpc) is 3.26. The van der Waals surface area contributed by atoms with Crippen LogP contribution in [-0.4, -0.2) is 32.1 Å². The molecule has 1 aliphatic rings. The molecule has 2 aromatic carbocycles. The molecule has 0 fully saturated rings. The summed E-state index contributed by atoms with van der Waals surface area (Å²) in [4.78, 5) is 25.2. The molecule has 0 radical (unpaired) electrons. The van der Waals surface area contributed by atoms with E-state index in [1.165, 1.54) is 12.1 Å². The number of aryl methyl sites for hydroxylation is 1. The first-order chi connectivity index (χ1) is 13.4. The molecule has 1 N–H and O–H groups in total. The Kier molecular flexibility index (Phi) is 4.52. The van der Waals surface area contributed by atoms with E-state index in [4.69, 9.17) is 12.2 Å². The third-order valence-electron chi connectivity index (χ3n) is 4.84. The first-order valence-corrected chi connectivity index (χ1v) is 9.15. The van der Waals surface area contributed by atoms with E-state index >= 15 is 0 Å². The average molecular weight is 395 g/mol. The summed E-state index contributed by atoms with van der Waals surface area (Å²) in [6.45, 7) is 2.48. The fourth-order valence-electron chi connectivity index (χ4n) is 3.35. The lowest BCUT2D eigenvalue weighted by atomic mass is 10.1. The van der Waals surface area contributed by atoms with E-state index in [9.17, 15) is 14.9 Å². The number of carbonyl (C=O) groups excluding carboxylic acids is 1. The van der Waals surface area contributed by atoms with Gasteiger partial charge in [-0.1, -0.05) is 35.9 Å². The van der Waals surface area contributed by atoms with Gasteiger partial charge in [-0.25, -0.2) is 0 Å². The minimum absolute atomic E-state index is 0.000670. The van der Waals surface area contributed by atoms with Crippen molar-refractivity contribution in [2.45, 2.75) is 19.9 Å². The van der Waals surface area contributed by atoms with Crippen molar-refractivity contribution in [3.05, 3.63) is 68.5 Å². The van der Waals surface area contributed by atoms with E-state index in [0.717, 1.165) is 16.7 Å². The number of H-pyrrole nitrogens is 1. The predicted molar refractivity (Wildman–Crippen MR) is 107 cm³/mol. The number of rotatable bonds is 4. The summed E-state index contributed by atoms with van der Waals surface area (Å²) in [6, 6.07) is 12.4. The number of nitro benzene ring substituents is 1. The Labute approximate surface area is 165 Å². The first-order valence-electron chi connectivity index (χ1n) is 8.74. The minimum atomic E-state index is -0.455. The smallest absolute Gasteiger partial charge is 0.271 e. The van der Waals surface area contributed by atoms with E-state index in [0.29, 0.717) is 29.2 Å². The number of aromatic amines is 1. The molecule has 3 aromatic rings. The van der Waals surface area contributed by atoms with Gasteiger partial charge in [0.25, 0.3) is 5.69 Å². The molecule has 1 amide bonds. The van der Waals surface area contributed by atoms with Gasteiger partial charge in [0, 0.05) is 24.2 Å². The predicted octanol–water partition coefficient (Wildman–Crippen LogP) is 3.41. The molecule has 0 bridgehead atoms. The second-order valence-electron chi connectivity index (χ2n) is 6.67. The highest BCUT2D eigenvalue weighted by Crippen LogP contribution is 2.32. The van der Waals surface area contributed by atoms with Crippen LogP contribution in [0, 0.1) is 21.8 Å². The van der Waals surface area contributed by atoms with Gasteiger partial charge in [0.15, 0.2) is 10.6 Å². The number of benzene rings is 2. The third kappa shape index (κ3) is 3.20. The van der Waals surface area contributed by atoms with Gasteiger partial charge in [-0.2, -0.15) is 5.10 Å². The maximum Gasteiger partial charge on any atom is 0.271 e. The van der Waals surface area contributed by atoms with Crippen LogP contribution in [0.2, 0.25) is 0 Å². The molecular weight excluding hydrogens is 378 g/mol. The van der Waals surface area contributed by atoms with Crippen molar-refractivity contribution >= 4 is 29.5 Å². The number of carbonyl (C=O) groups is 1. The van der Waals surface area contributed by atoms with Crippen molar-refractivity contribution in [2.75, 3.05) is 11.4 Å². The largest absolute Gasteiger partial charge is 0.310 e. The van der Waals surface area contributed by atoms with Crippen molar-refractivity contribution in [1.82, 2.24) is 14.8 Å². The lowest BCUT2D eigenvalue weighted by Crippen LogP contribution is -2.32. The fraction of sp³-hybridized carbons (Fsp3) is 0.211. The third-order valence-corrected chi connectivity index (χ3v) is 5.15. The molecule has 0 spiro atoms. The number of nitrogens with one attached hydrogen (secondary N) is 1. The quantitative estimate of drug-likeness (QED) is 0.415. The molecule has 0 saturated carbocycles. The first kappa shape index (κ1) is 18.1. The molecule has 142 valence electrons. The number of nitrogens with zero attached hydrogens (tertiary/aromatic N) is 4. The SMILES string of the molecule is Cc1ccc(-c2n[nH]c(=S)n2CC(=O)N2CCc3ccc([N+](=O)[O-])cc32)cc1. The summed E-state index contributed by atoms with van der Waals surface area (Å²) in [5.41, 5.74) is 3.46. The molecule has 0 atom stereocenters. The van der Waals surface area contributed by atoms with Crippen molar-refractivity contribution in [3.63, 3.8) is 0 Å². The number of non-ortho nitro benzene ring substituents is 1. The number of amides is 1. The Morgan fingerprint density at radius 3 is 2.75 bits per heavy atom. The van der Waals surface area contributed by atoms with Crippen LogP contribution in [0.3, 0.4) is 0 Å². The molecule has 28 heavy (non-hydrogen) atoms. The zero-order chi connectivity index (χ0) is 19.8. The second kappa shape index (κ2) is 7.01. The topological polar surface area (TPSA) is 97.1 Å². The Hall–Kier alpha value is -3.33. The van der Waals surface area contributed by atoms with E-state index in [1.807, 2.05) is 31.2 Å². The monoisotopic (exact) mass is 395 g/mol. The minimum Gasteiger partial charge on any atom is -0.310 e. The number of nitro groups is 1. The van der Waals surface area contributed by atoms with E-state index in [1.54, 1.807) is 15.5 Å². The molecule has 0 saturated heterocycles. The summed E-state index contributed by atoms with van der Waals surface area (Å²) in [5.74, 6) is 0.391. The summed E-state index contributed by atoms with van der Waals surface area (Å²) >= 11 is 5.31. The highest BCUT2D eigenvalue weighted by molar-refractivity contribution is 7.71. The molecule has 0 unspecified atom stereocenters. The molecule has 1 aromatic heterocycles. The van der Waals surface area contributed by atoms with Crippen molar-refractivity contribution < 1.29 is 9.72 Å². The number of hydrogen-bond donors (Lipinski definition) is 1. The van der Waals surface area contributed by atoms with Crippen LogP contribution < -0.4 is 4.90 Å². The molecule has 8 nitrogen and oxygen atoms in total. The Morgan fingerprint density at radius 2 is 2.04 bits per heavy atom. The van der Waals surface area contributed by atoms with Crippen LogP contribution >= 0.6 is 12.2 Å². The highest BCUT2D eigenvalue weighted by atomic mass is 32.1. The lowest BCUT2D eigenvalue weighted by Gasteiger charge is -2.18. The van der Waals surface area contributed by atoms with Crippen LogP contribution in [0.25, 0.3) is 11.4 Å². The Bertz CT molecular complexity index is 1130. The van der Waals surface area contributed by atoms with Crippen LogP contribution in [-0.2, 0) is 17.8 Å². The zero-order valence-electron chi connectivity index (χ0n) is 15.1. The van der Waals surface area contributed by atoms with Gasteiger partial charge in [-0.3, -0.25) is 24.6 Å². The van der Waals surface area contributed by atoms with Crippen molar-refractivity contribution in [3.8, 4) is 11.4 Å². The summed E-state index contributed by atoms with van der Waals surface area (Å²) in [5, 5.41) is 18.1. The van der Waals surface area contributed by atoms with Gasteiger partial charge < -0.3 is 4.90 Å². The Morgan fingerprint density at radius 1 is 1.29 bits per heavy atom. The molecule has 2 heterocycles. The fourth-order valence-corrected chi connectivity index (χ4v) is 3.54. The van der Waals surface area contributed by atoms with Crippen LogP contribution in [0.4, 0.5) is 11.4 Å². The van der Waals surface area contributed by atoms with Crippen LogP contribution in [0.1, 0.15) is 11.1 Å². The summed E-state index contributed by atoms with van der Waals surface area (Å²) in [6.07, 6.45) is 0.667. The van der Waals surface area contributed by atoms with E-state index in [2.05, 4.69) is 10.2 Å². The molecule has 4 rings (SSSR count). The Balaban J connectivity index is 1.64. The van der Waals surface area contributed by atoms with Crippen molar-refractivity contribution in [2.24, 2.45) is 0 Å². The zero-order valence-corrected chi connectivity index (χ0v) is 15.9. The number of fused-ring (bicyclic) bond motifs is 1. The normalized spacial score (nSPS) is 12.8. The van der Waals surface area contributed by atoms with Crippen LogP contribution in [0.15, 0.2) is 42.5 Å². The van der Waals surface area contributed by atoms with Gasteiger partial charge in [0.1, 0.15) is 6.54 Å². The lowest BCUT2D eigenvalue weighted by molar-refractivity contribution is -0.384. The molecule has 9 heteroatoms. The number of anilines is 1. The summed E-state index contributed by atoms with van der Waals surface area (Å²) < 4.78 is 2.00. The highest BCUT2D eigenvalue weighted by Gasteiger charge is 2.27. The maximum absolute atomic E-state index is 13.0. The molecule has 0 aliphatic carbocycles. The van der Waals surface area contributed by atoms with E-state index in [-0.39, 0.29) is 18.1 Å². The van der Waals surface area contributed by atoms with Crippen LogP contribution in [0.5, 0.6) is 0 Å². The maximum atomic E-state index is 13.0. The van der Waals surface area contributed by atoms with Gasteiger partial charge in [-0.05, 0) is 31.1 Å². The second-order valence-corrected chi connectivity index (χ2v) is 7.06. The van der Waals surface area contributed by atoms with Gasteiger partial charge in [0.2, 0.25) is 5.91 Å². The van der Waals surface area contributed by atoms with Gasteiger partial charge in [0.05, 0.1) is 10.6 Å². The molecular formula is C19H17N5O3S. The summed E-state index contributed by atoms with van der Waals surface area (Å²) in [7, 11) is 0. The van der Waals surface area contributed by atoms with Gasteiger partial charge in [-0.15, -0.1) is 0 Å². The molecule has 1 aliphatic heterocycles. The standard InChI is InChI=1S/C19H17N5O3S/c1-12-2-4-14(5-3-12)18-20-21-19(28)23(18)11-17(25)22-9-8-13-6-7-15(24(26)27)10-16(13)22/h2-7,10H,8-9,11H2,1H3,(H,21,28). The number of hydrogen-bond acceptors (Lipinski definition) is 5. The number of aromatic nitrogens is 3.